The van der Waals surface area contributed by atoms with Crippen molar-refractivity contribution in [3.63, 3.8) is 0 Å². The van der Waals surface area contributed by atoms with Crippen LogP contribution in [0.15, 0.2) is 6.07 Å². The van der Waals surface area contributed by atoms with Crippen molar-refractivity contribution in [3.8, 4) is 0 Å². The number of hydrogen-bond donors (Lipinski definition) is 2. The molecule has 1 saturated heterocycles. The second-order valence-electron chi connectivity index (χ2n) is 5.62. The van der Waals surface area contributed by atoms with Gasteiger partial charge in [0.2, 0.25) is 0 Å². The van der Waals surface area contributed by atoms with Crippen molar-refractivity contribution in [3.05, 3.63) is 21.4 Å². The van der Waals surface area contributed by atoms with Crippen LogP contribution < -0.4 is 10.6 Å². The normalized spacial score (nSPS) is 22.3. The fraction of sp³-hybridized carbons (Fsp3) is 0.667. The zero-order chi connectivity index (χ0) is 13.8. The lowest BCUT2D eigenvalue weighted by Crippen LogP contribution is -2.33. The first-order chi connectivity index (χ1) is 9.83. The Morgan fingerprint density at radius 2 is 2.50 bits per heavy atom. The molecule has 1 atom stereocenters. The molecule has 1 unspecified atom stereocenters. The molecule has 3 heterocycles. The first kappa shape index (κ1) is 14.0. The van der Waals surface area contributed by atoms with Gasteiger partial charge in [-0.05, 0) is 49.9 Å². The fourth-order valence-electron chi connectivity index (χ4n) is 2.91. The summed E-state index contributed by atoms with van der Waals surface area (Å²) in [6.45, 7) is 4.46. The minimum atomic E-state index is 0.0770. The van der Waals surface area contributed by atoms with E-state index in [-0.39, 0.29) is 5.91 Å². The van der Waals surface area contributed by atoms with Gasteiger partial charge in [-0.2, -0.15) is 0 Å². The fourth-order valence-corrected chi connectivity index (χ4v) is 3.97. The Hall–Kier alpha value is -0.910. The Balaban J connectivity index is 1.47. The molecule has 0 bridgehead atoms. The minimum Gasteiger partial charge on any atom is -0.376 e. The number of piperidine rings is 1. The molecule has 1 aromatic rings. The quantitative estimate of drug-likeness (QED) is 0.892. The Morgan fingerprint density at radius 1 is 1.55 bits per heavy atom. The van der Waals surface area contributed by atoms with E-state index in [1.807, 2.05) is 6.07 Å². The van der Waals surface area contributed by atoms with E-state index in [1.165, 1.54) is 23.3 Å². The molecule has 0 saturated carbocycles. The van der Waals surface area contributed by atoms with E-state index in [0.717, 1.165) is 44.0 Å². The largest absolute Gasteiger partial charge is 0.376 e. The summed E-state index contributed by atoms with van der Waals surface area (Å²) in [7, 11) is 0. The summed E-state index contributed by atoms with van der Waals surface area (Å²) in [5.41, 5.74) is 1.20. The van der Waals surface area contributed by atoms with E-state index in [2.05, 4.69) is 10.6 Å². The van der Waals surface area contributed by atoms with Crippen molar-refractivity contribution in [2.24, 2.45) is 5.92 Å². The van der Waals surface area contributed by atoms with E-state index in [1.54, 1.807) is 11.3 Å². The predicted octanol–water partition coefficient (Wildman–Crippen LogP) is 1.94. The van der Waals surface area contributed by atoms with Crippen molar-refractivity contribution in [1.29, 1.82) is 0 Å². The maximum absolute atomic E-state index is 12.1. The second kappa shape index (κ2) is 6.70. The first-order valence-electron chi connectivity index (χ1n) is 7.51. The smallest absolute Gasteiger partial charge is 0.261 e. The van der Waals surface area contributed by atoms with Gasteiger partial charge >= 0.3 is 0 Å². The van der Waals surface area contributed by atoms with Crippen LogP contribution in [0.4, 0.5) is 0 Å². The molecule has 20 heavy (non-hydrogen) atoms. The summed E-state index contributed by atoms with van der Waals surface area (Å²) >= 11 is 1.63. The molecule has 2 aliphatic rings. The Kier molecular flexibility index (Phi) is 4.70. The zero-order valence-corrected chi connectivity index (χ0v) is 12.6. The number of amides is 1. The highest BCUT2D eigenvalue weighted by molar-refractivity contribution is 7.14. The number of thiophene rings is 1. The van der Waals surface area contributed by atoms with E-state index in [9.17, 15) is 4.79 Å². The summed E-state index contributed by atoms with van der Waals surface area (Å²) in [4.78, 5) is 14.3. The molecule has 110 valence electrons. The van der Waals surface area contributed by atoms with Crippen LogP contribution in [-0.2, 0) is 17.8 Å². The first-order valence-corrected chi connectivity index (χ1v) is 8.33. The van der Waals surface area contributed by atoms with Crippen molar-refractivity contribution in [2.45, 2.75) is 32.3 Å². The van der Waals surface area contributed by atoms with Crippen molar-refractivity contribution in [2.75, 3.05) is 26.2 Å². The van der Waals surface area contributed by atoms with Crippen molar-refractivity contribution >= 4 is 17.2 Å². The Labute approximate surface area is 123 Å². The van der Waals surface area contributed by atoms with Gasteiger partial charge in [-0.15, -0.1) is 11.3 Å². The molecule has 1 amide bonds. The van der Waals surface area contributed by atoms with Gasteiger partial charge in [-0.3, -0.25) is 4.79 Å². The van der Waals surface area contributed by atoms with Gasteiger partial charge in [0.05, 0.1) is 18.1 Å². The number of hydrogen-bond acceptors (Lipinski definition) is 4. The highest BCUT2D eigenvalue weighted by atomic mass is 32.1. The molecule has 3 rings (SSSR count). The lowest BCUT2D eigenvalue weighted by Gasteiger charge is -2.22. The lowest BCUT2D eigenvalue weighted by atomic mass is 9.96. The molecule has 0 aliphatic carbocycles. The average Bonchev–Trinajstić information content (AvgIpc) is 2.92. The van der Waals surface area contributed by atoms with Crippen LogP contribution in [0.1, 0.15) is 39.4 Å². The monoisotopic (exact) mass is 294 g/mol. The molecular weight excluding hydrogens is 272 g/mol. The molecule has 2 N–H and O–H groups in total. The average molecular weight is 294 g/mol. The third-order valence-electron chi connectivity index (χ3n) is 4.09. The molecule has 0 radical (unpaired) electrons. The molecule has 4 nitrogen and oxygen atoms in total. The van der Waals surface area contributed by atoms with Crippen molar-refractivity contribution < 1.29 is 9.53 Å². The number of ether oxygens (including phenoxy) is 1. The van der Waals surface area contributed by atoms with Crippen LogP contribution in [0.5, 0.6) is 0 Å². The van der Waals surface area contributed by atoms with Gasteiger partial charge in [0, 0.05) is 17.8 Å². The zero-order valence-electron chi connectivity index (χ0n) is 11.7. The van der Waals surface area contributed by atoms with E-state index >= 15 is 0 Å². The van der Waals surface area contributed by atoms with Crippen molar-refractivity contribution in [1.82, 2.24) is 10.6 Å². The summed E-state index contributed by atoms with van der Waals surface area (Å²) in [5, 5.41) is 6.47. The molecule has 0 aromatic carbocycles. The lowest BCUT2D eigenvalue weighted by molar-refractivity contribution is 0.0954. The SMILES string of the molecule is O=C(NCCC1CCCNC1)c1cc2c(s1)CCOC2. The highest BCUT2D eigenvalue weighted by Crippen LogP contribution is 2.26. The van der Waals surface area contributed by atoms with Crippen LogP contribution in [0.2, 0.25) is 0 Å². The second-order valence-corrected chi connectivity index (χ2v) is 6.76. The molecule has 2 aliphatic heterocycles. The number of carbonyl (C=O) groups is 1. The summed E-state index contributed by atoms with van der Waals surface area (Å²) in [5.74, 6) is 0.794. The van der Waals surface area contributed by atoms with E-state index in [0.29, 0.717) is 12.5 Å². The Bertz CT molecular complexity index is 443. The van der Waals surface area contributed by atoms with Crippen LogP contribution in [0.3, 0.4) is 0 Å². The van der Waals surface area contributed by atoms with Crippen LogP contribution in [0.25, 0.3) is 0 Å². The number of fused-ring (bicyclic) bond motifs is 1. The third-order valence-corrected chi connectivity index (χ3v) is 5.32. The van der Waals surface area contributed by atoms with Gasteiger partial charge < -0.3 is 15.4 Å². The maximum atomic E-state index is 12.1. The van der Waals surface area contributed by atoms with Gasteiger partial charge in [0.25, 0.3) is 5.91 Å². The van der Waals surface area contributed by atoms with E-state index < -0.39 is 0 Å². The van der Waals surface area contributed by atoms with Gasteiger partial charge in [0.1, 0.15) is 0 Å². The molecule has 1 fully saturated rings. The number of nitrogens with one attached hydrogen (secondary N) is 2. The van der Waals surface area contributed by atoms with Gasteiger partial charge in [-0.25, -0.2) is 0 Å². The predicted molar refractivity (Wildman–Crippen MR) is 80.2 cm³/mol. The summed E-state index contributed by atoms with van der Waals surface area (Å²) in [6, 6.07) is 2.00. The number of carbonyl (C=O) groups excluding carboxylic acids is 1. The topological polar surface area (TPSA) is 50.4 Å². The van der Waals surface area contributed by atoms with E-state index in [4.69, 9.17) is 4.74 Å². The summed E-state index contributed by atoms with van der Waals surface area (Å²) < 4.78 is 5.42. The molecule has 0 spiro atoms. The van der Waals surface area contributed by atoms with Crippen LogP contribution >= 0.6 is 11.3 Å². The third kappa shape index (κ3) is 3.40. The maximum Gasteiger partial charge on any atom is 0.261 e. The van der Waals surface area contributed by atoms with Crippen LogP contribution in [0, 0.1) is 5.92 Å². The molecule has 1 aromatic heterocycles. The van der Waals surface area contributed by atoms with Gasteiger partial charge in [0.15, 0.2) is 0 Å². The Morgan fingerprint density at radius 3 is 3.30 bits per heavy atom. The summed E-state index contributed by atoms with van der Waals surface area (Å²) in [6.07, 6.45) is 4.57. The standard InChI is InChI=1S/C15H22N2O2S/c18-15(17-6-3-11-2-1-5-16-9-11)14-8-12-10-19-7-4-13(12)20-14/h8,11,16H,1-7,9-10H2,(H,17,18). The number of rotatable bonds is 4. The highest BCUT2D eigenvalue weighted by Gasteiger charge is 2.18. The van der Waals surface area contributed by atoms with Crippen LogP contribution in [-0.4, -0.2) is 32.1 Å². The molecule has 5 heteroatoms. The van der Waals surface area contributed by atoms with Gasteiger partial charge in [-0.1, -0.05) is 0 Å². The minimum absolute atomic E-state index is 0.0770. The molecular formula is C15H22N2O2S.